The fourth-order valence-corrected chi connectivity index (χ4v) is 2.28. The van der Waals surface area contributed by atoms with Crippen molar-refractivity contribution in [3.8, 4) is 0 Å². The number of hydrogen-bond donors (Lipinski definition) is 0. The molecule has 2 rings (SSSR count). The van der Waals surface area contributed by atoms with Crippen molar-refractivity contribution in [1.82, 2.24) is 4.57 Å². The van der Waals surface area contributed by atoms with Crippen LogP contribution in [0.2, 0.25) is 5.02 Å². The summed E-state index contributed by atoms with van der Waals surface area (Å²) in [6, 6.07) is 4.53. The smallest absolute Gasteiger partial charge is 0.347 e. The highest BCUT2D eigenvalue weighted by atomic mass is 35.5. The number of fused-ring (bicyclic) bond motifs is 1. The summed E-state index contributed by atoms with van der Waals surface area (Å²) in [6.45, 7) is 2.54. The van der Waals surface area contributed by atoms with Crippen LogP contribution in [-0.4, -0.2) is 16.5 Å². The lowest BCUT2D eigenvalue weighted by molar-refractivity contribution is -0.0884. The molecule has 0 saturated carbocycles. The van der Waals surface area contributed by atoms with Crippen LogP contribution in [0.15, 0.2) is 24.4 Å². The van der Waals surface area contributed by atoms with E-state index in [2.05, 4.69) is 0 Å². The molecule has 6 heteroatoms. The SMILES string of the molecule is CCCCn1cc(C(=O)C(F)(F)F)c2ccc(Cl)cc21. The number of alkyl halides is 3. The van der Waals surface area contributed by atoms with Crippen molar-refractivity contribution in [3.05, 3.63) is 35.0 Å². The Hall–Kier alpha value is -1.49. The third-order valence-corrected chi connectivity index (χ3v) is 3.33. The lowest BCUT2D eigenvalue weighted by Gasteiger charge is -2.03. The molecule has 0 aliphatic heterocycles. The van der Waals surface area contributed by atoms with Crippen LogP contribution < -0.4 is 0 Å². The topological polar surface area (TPSA) is 22.0 Å². The van der Waals surface area contributed by atoms with E-state index in [-0.39, 0.29) is 10.9 Å². The fourth-order valence-electron chi connectivity index (χ4n) is 2.11. The Morgan fingerprint density at radius 1 is 1.35 bits per heavy atom. The summed E-state index contributed by atoms with van der Waals surface area (Å²) < 4.78 is 39.5. The monoisotopic (exact) mass is 303 g/mol. The normalized spacial score (nSPS) is 12.1. The van der Waals surface area contributed by atoms with Crippen LogP contribution in [0.5, 0.6) is 0 Å². The third-order valence-electron chi connectivity index (χ3n) is 3.10. The van der Waals surface area contributed by atoms with Gasteiger partial charge in [-0.25, -0.2) is 0 Å². The van der Waals surface area contributed by atoms with Crippen molar-refractivity contribution in [2.45, 2.75) is 32.5 Å². The van der Waals surface area contributed by atoms with E-state index in [9.17, 15) is 18.0 Å². The molecule has 0 spiro atoms. The van der Waals surface area contributed by atoms with Gasteiger partial charge in [-0.15, -0.1) is 0 Å². The Bertz CT molecular complexity index is 646. The van der Waals surface area contributed by atoms with Crippen LogP contribution in [0.4, 0.5) is 13.2 Å². The molecule has 1 heterocycles. The van der Waals surface area contributed by atoms with Crippen molar-refractivity contribution in [2.75, 3.05) is 0 Å². The van der Waals surface area contributed by atoms with Gasteiger partial charge in [-0.05, 0) is 18.6 Å². The Morgan fingerprint density at radius 3 is 2.65 bits per heavy atom. The fraction of sp³-hybridized carbons (Fsp3) is 0.357. The summed E-state index contributed by atoms with van der Waals surface area (Å²) in [5, 5.41) is 0.715. The van der Waals surface area contributed by atoms with Gasteiger partial charge in [0.25, 0.3) is 5.78 Å². The average molecular weight is 304 g/mol. The van der Waals surface area contributed by atoms with Crippen molar-refractivity contribution in [2.24, 2.45) is 0 Å². The second-order valence-corrected chi connectivity index (χ2v) is 5.01. The predicted octanol–water partition coefficient (Wildman–Crippen LogP) is 4.84. The second kappa shape index (κ2) is 5.48. The van der Waals surface area contributed by atoms with Crippen molar-refractivity contribution in [3.63, 3.8) is 0 Å². The minimum Gasteiger partial charge on any atom is -0.347 e. The summed E-state index contributed by atoms with van der Waals surface area (Å²) >= 11 is 5.88. The number of unbranched alkanes of at least 4 members (excludes halogenated alkanes) is 1. The number of nitrogens with zero attached hydrogens (tertiary/aromatic N) is 1. The molecule has 2 nitrogen and oxygen atoms in total. The molecular weight excluding hydrogens is 291 g/mol. The van der Waals surface area contributed by atoms with Gasteiger partial charge in [-0.1, -0.05) is 31.0 Å². The molecule has 0 radical (unpaired) electrons. The predicted molar refractivity (Wildman–Crippen MR) is 72.2 cm³/mol. The van der Waals surface area contributed by atoms with Crippen LogP contribution in [0.1, 0.15) is 30.1 Å². The molecule has 2 aromatic rings. The van der Waals surface area contributed by atoms with Crippen LogP contribution in [-0.2, 0) is 6.54 Å². The molecule has 0 saturated heterocycles. The second-order valence-electron chi connectivity index (χ2n) is 4.58. The number of halogens is 4. The highest BCUT2D eigenvalue weighted by Crippen LogP contribution is 2.30. The first-order valence-electron chi connectivity index (χ1n) is 6.24. The molecule has 0 bridgehead atoms. The van der Waals surface area contributed by atoms with Crippen molar-refractivity contribution in [1.29, 1.82) is 0 Å². The summed E-state index contributed by atoms with van der Waals surface area (Å²) in [6.07, 6.45) is -1.88. The molecule has 108 valence electrons. The zero-order chi connectivity index (χ0) is 14.9. The van der Waals surface area contributed by atoms with Crippen LogP contribution in [0, 0.1) is 0 Å². The minimum atomic E-state index is -4.87. The van der Waals surface area contributed by atoms with Crippen molar-refractivity contribution < 1.29 is 18.0 Å². The molecule has 0 unspecified atom stereocenters. The first kappa shape index (κ1) is 14.9. The number of benzene rings is 1. The van der Waals surface area contributed by atoms with Gasteiger partial charge in [0.2, 0.25) is 0 Å². The molecule has 0 fully saturated rings. The molecule has 0 N–H and O–H groups in total. The maximum Gasteiger partial charge on any atom is 0.454 e. The van der Waals surface area contributed by atoms with Gasteiger partial charge in [0.05, 0.1) is 11.1 Å². The highest BCUT2D eigenvalue weighted by Gasteiger charge is 2.40. The molecule has 0 atom stereocenters. The van der Waals surface area contributed by atoms with Gasteiger partial charge >= 0.3 is 6.18 Å². The van der Waals surface area contributed by atoms with E-state index in [0.717, 1.165) is 12.8 Å². The average Bonchev–Trinajstić information content (AvgIpc) is 2.72. The number of carbonyl (C=O) groups is 1. The van der Waals surface area contributed by atoms with Gasteiger partial charge in [-0.3, -0.25) is 4.79 Å². The van der Waals surface area contributed by atoms with E-state index in [1.807, 2.05) is 6.92 Å². The van der Waals surface area contributed by atoms with Gasteiger partial charge in [0.15, 0.2) is 0 Å². The van der Waals surface area contributed by atoms with Crippen molar-refractivity contribution >= 4 is 28.3 Å². The standard InChI is InChI=1S/C14H13ClF3NO/c1-2-3-6-19-8-11(13(20)14(16,17)18)10-5-4-9(15)7-12(10)19/h4-5,7-8H,2-3,6H2,1H3. The minimum absolute atomic E-state index is 0.285. The zero-order valence-electron chi connectivity index (χ0n) is 10.8. The molecule has 0 amide bonds. The number of aromatic nitrogens is 1. The highest BCUT2D eigenvalue weighted by molar-refractivity contribution is 6.31. The van der Waals surface area contributed by atoms with E-state index in [1.165, 1.54) is 18.3 Å². The maximum atomic E-state index is 12.6. The molecule has 1 aromatic heterocycles. The molecule has 0 aliphatic rings. The first-order valence-corrected chi connectivity index (χ1v) is 6.62. The Kier molecular flexibility index (Phi) is 4.09. The zero-order valence-corrected chi connectivity index (χ0v) is 11.6. The van der Waals surface area contributed by atoms with E-state index < -0.39 is 12.0 Å². The Balaban J connectivity index is 2.58. The van der Waals surface area contributed by atoms with E-state index in [0.29, 0.717) is 17.1 Å². The summed E-state index contributed by atoms with van der Waals surface area (Å²) in [5.41, 5.74) is 0.235. The molecular formula is C14H13ClF3NO. The number of Topliss-reactive ketones (excluding diaryl/α,β-unsaturated/α-hetero) is 1. The summed E-state index contributed by atoms with van der Waals surface area (Å²) in [4.78, 5) is 11.5. The number of aryl methyl sites for hydroxylation is 1. The Labute approximate surface area is 119 Å². The van der Waals surface area contributed by atoms with Crippen LogP contribution in [0.25, 0.3) is 10.9 Å². The largest absolute Gasteiger partial charge is 0.454 e. The maximum absolute atomic E-state index is 12.6. The molecule has 0 aliphatic carbocycles. The number of hydrogen-bond acceptors (Lipinski definition) is 1. The number of carbonyl (C=O) groups excluding carboxylic acids is 1. The van der Waals surface area contributed by atoms with Crippen LogP contribution in [0.3, 0.4) is 0 Å². The van der Waals surface area contributed by atoms with E-state index in [1.54, 1.807) is 10.6 Å². The van der Waals surface area contributed by atoms with Gasteiger partial charge in [0.1, 0.15) is 0 Å². The lowest BCUT2D eigenvalue weighted by atomic mass is 10.1. The molecule has 1 aromatic carbocycles. The van der Waals surface area contributed by atoms with E-state index >= 15 is 0 Å². The third kappa shape index (κ3) is 2.82. The Morgan fingerprint density at radius 2 is 2.05 bits per heavy atom. The van der Waals surface area contributed by atoms with Gasteiger partial charge < -0.3 is 4.57 Å². The van der Waals surface area contributed by atoms with Crippen LogP contribution >= 0.6 is 11.6 Å². The first-order chi connectivity index (χ1) is 9.34. The number of rotatable bonds is 4. The molecule has 20 heavy (non-hydrogen) atoms. The quantitative estimate of drug-likeness (QED) is 0.741. The van der Waals surface area contributed by atoms with Gasteiger partial charge in [-0.2, -0.15) is 13.2 Å². The number of ketones is 1. The summed E-state index contributed by atoms with van der Waals surface area (Å²) in [5.74, 6) is -1.82. The van der Waals surface area contributed by atoms with E-state index in [4.69, 9.17) is 11.6 Å². The van der Waals surface area contributed by atoms with Gasteiger partial charge in [0, 0.05) is 23.2 Å². The lowest BCUT2D eigenvalue weighted by Crippen LogP contribution is -2.22. The summed E-state index contributed by atoms with van der Waals surface area (Å²) in [7, 11) is 0.